The highest BCUT2D eigenvalue weighted by atomic mass is 32.2. The Morgan fingerprint density at radius 2 is 1.42 bits per heavy atom. The van der Waals surface area contributed by atoms with E-state index in [1.807, 2.05) is 18.2 Å². The maximum absolute atomic E-state index is 12.7. The second kappa shape index (κ2) is 10.8. The van der Waals surface area contributed by atoms with Gasteiger partial charge in [0.1, 0.15) is 0 Å². The van der Waals surface area contributed by atoms with Gasteiger partial charge in [-0.3, -0.25) is 0 Å². The average molecular weight is 468 g/mol. The number of benzene rings is 3. The zero-order chi connectivity index (χ0) is 23.8. The van der Waals surface area contributed by atoms with Gasteiger partial charge in [-0.05, 0) is 67.9 Å². The second-order valence-electron chi connectivity index (χ2n) is 7.15. The number of anilines is 2. The van der Waals surface area contributed by atoms with E-state index in [-0.39, 0.29) is 23.1 Å². The van der Waals surface area contributed by atoms with Gasteiger partial charge >= 0.3 is 12.0 Å². The number of sulfonamides is 1. The Bertz CT molecular complexity index is 1200. The highest BCUT2D eigenvalue weighted by Crippen LogP contribution is 2.20. The highest BCUT2D eigenvalue weighted by molar-refractivity contribution is 7.89. The Morgan fingerprint density at radius 1 is 0.848 bits per heavy atom. The molecule has 8 nitrogen and oxygen atoms in total. The fourth-order valence-corrected chi connectivity index (χ4v) is 4.26. The number of amides is 2. The molecule has 3 N–H and O–H groups in total. The van der Waals surface area contributed by atoms with E-state index in [0.29, 0.717) is 11.4 Å². The molecule has 0 aromatic heterocycles. The third-order valence-corrected chi connectivity index (χ3v) is 6.26. The molecule has 0 saturated heterocycles. The molecule has 9 heteroatoms. The van der Waals surface area contributed by atoms with Crippen molar-refractivity contribution in [1.82, 2.24) is 4.72 Å². The van der Waals surface area contributed by atoms with Crippen molar-refractivity contribution in [2.45, 2.75) is 24.8 Å². The van der Waals surface area contributed by atoms with Crippen molar-refractivity contribution in [2.24, 2.45) is 0 Å². The van der Waals surface area contributed by atoms with Crippen LogP contribution in [0, 0.1) is 0 Å². The van der Waals surface area contributed by atoms with E-state index in [4.69, 9.17) is 4.74 Å². The summed E-state index contributed by atoms with van der Waals surface area (Å²) in [6.45, 7) is 3.66. The van der Waals surface area contributed by atoms with E-state index in [2.05, 4.69) is 15.4 Å². The van der Waals surface area contributed by atoms with Gasteiger partial charge in [0.2, 0.25) is 10.0 Å². The third-order valence-electron chi connectivity index (χ3n) is 4.71. The van der Waals surface area contributed by atoms with Crippen molar-refractivity contribution >= 4 is 33.4 Å². The predicted molar refractivity (Wildman–Crippen MR) is 127 cm³/mol. The minimum Gasteiger partial charge on any atom is -0.462 e. The van der Waals surface area contributed by atoms with Gasteiger partial charge in [0.15, 0.2) is 0 Å². The topological polar surface area (TPSA) is 114 Å². The first kappa shape index (κ1) is 24.0. The first-order chi connectivity index (χ1) is 15.8. The summed E-state index contributed by atoms with van der Waals surface area (Å²) in [7, 11) is -3.81. The van der Waals surface area contributed by atoms with E-state index in [1.165, 1.54) is 24.3 Å². The summed E-state index contributed by atoms with van der Waals surface area (Å²) in [5.74, 6) is -0.506. The van der Waals surface area contributed by atoms with Crippen LogP contribution in [0.1, 0.15) is 35.8 Å². The van der Waals surface area contributed by atoms with E-state index in [0.717, 1.165) is 5.56 Å². The normalized spacial score (nSPS) is 11.9. The van der Waals surface area contributed by atoms with Gasteiger partial charge in [-0.25, -0.2) is 22.7 Å². The molecule has 0 saturated carbocycles. The third kappa shape index (κ3) is 6.64. The molecule has 3 aromatic rings. The first-order valence-electron chi connectivity index (χ1n) is 10.3. The lowest BCUT2D eigenvalue weighted by atomic mass is 10.1. The Hall–Kier alpha value is -3.69. The lowest BCUT2D eigenvalue weighted by Gasteiger charge is -2.16. The van der Waals surface area contributed by atoms with Crippen molar-refractivity contribution in [3.8, 4) is 0 Å². The smallest absolute Gasteiger partial charge is 0.338 e. The Labute approximate surface area is 193 Å². The Morgan fingerprint density at radius 3 is 2.00 bits per heavy atom. The van der Waals surface area contributed by atoms with E-state index >= 15 is 0 Å². The summed E-state index contributed by atoms with van der Waals surface area (Å²) in [4.78, 5) is 23.9. The predicted octanol–water partition coefficient (Wildman–Crippen LogP) is 4.55. The fourth-order valence-electron chi connectivity index (χ4n) is 3.02. The molecule has 0 spiro atoms. The number of carbonyl (C=O) groups excluding carboxylic acids is 2. The van der Waals surface area contributed by atoms with Crippen molar-refractivity contribution in [2.75, 3.05) is 17.2 Å². The van der Waals surface area contributed by atoms with Crippen molar-refractivity contribution in [3.05, 3.63) is 90.0 Å². The SMILES string of the molecule is CCOC(=O)c1ccc(S(=O)(=O)NC(C)c2ccc(NC(=O)Nc3ccccc3)cc2)cc1. The highest BCUT2D eigenvalue weighted by Gasteiger charge is 2.19. The summed E-state index contributed by atoms with van der Waals surface area (Å²) >= 11 is 0. The van der Waals surface area contributed by atoms with Gasteiger partial charge in [0, 0.05) is 17.4 Å². The number of carbonyl (C=O) groups is 2. The molecule has 0 aliphatic rings. The molecule has 0 aliphatic carbocycles. The Balaban J connectivity index is 1.60. The second-order valence-corrected chi connectivity index (χ2v) is 8.87. The van der Waals surface area contributed by atoms with Crippen LogP contribution in [-0.4, -0.2) is 27.0 Å². The summed E-state index contributed by atoms with van der Waals surface area (Å²) in [6, 6.07) is 20.6. The van der Waals surface area contributed by atoms with Crippen LogP contribution in [0.5, 0.6) is 0 Å². The molecule has 172 valence electrons. The molecule has 1 unspecified atom stereocenters. The molecule has 1 atom stereocenters. The zero-order valence-corrected chi connectivity index (χ0v) is 19.1. The molecule has 0 aliphatic heterocycles. The van der Waals surface area contributed by atoms with E-state index in [1.54, 1.807) is 50.2 Å². The van der Waals surface area contributed by atoms with E-state index < -0.39 is 22.0 Å². The minimum absolute atomic E-state index is 0.0401. The van der Waals surface area contributed by atoms with Crippen LogP contribution in [-0.2, 0) is 14.8 Å². The van der Waals surface area contributed by atoms with Gasteiger partial charge in [0.25, 0.3) is 0 Å². The Kier molecular flexibility index (Phi) is 7.81. The summed E-state index contributed by atoms with van der Waals surface area (Å²) < 4.78 is 32.9. The molecule has 33 heavy (non-hydrogen) atoms. The molecule has 3 rings (SSSR count). The number of ether oxygens (including phenoxy) is 1. The number of para-hydroxylation sites is 1. The maximum atomic E-state index is 12.7. The molecule has 0 radical (unpaired) electrons. The number of hydrogen-bond acceptors (Lipinski definition) is 5. The largest absolute Gasteiger partial charge is 0.462 e. The lowest BCUT2D eigenvalue weighted by molar-refractivity contribution is 0.0526. The van der Waals surface area contributed by atoms with Crippen LogP contribution in [0.4, 0.5) is 16.2 Å². The molecule has 3 aromatic carbocycles. The zero-order valence-electron chi connectivity index (χ0n) is 18.2. The minimum atomic E-state index is -3.81. The molecular weight excluding hydrogens is 442 g/mol. The van der Waals surface area contributed by atoms with E-state index in [9.17, 15) is 18.0 Å². The molecular formula is C24H25N3O5S. The van der Waals surface area contributed by atoms with Crippen LogP contribution < -0.4 is 15.4 Å². The van der Waals surface area contributed by atoms with Crippen molar-refractivity contribution in [3.63, 3.8) is 0 Å². The number of rotatable bonds is 8. The van der Waals surface area contributed by atoms with Crippen LogP contribution in [0.25, 0.3) is 0 Å². The number of hydrogen-bond donors (Lipinski definition) is 3. The van der Waals surface area contributed by atoms with Crippen LogP contribution in [0.2, 0.25) is 0 Å². The summed E-state index contributed by atoms with van der Waals surface area (Å²) in [5.41, 5.74) is 2.24. The quantitative estimate of drug-likeness (QED) is 0.421. The monoisotopic (exact) mass is 467 g/mol. The van der Waals surface area contributed by atoms with Gasteiger partial charge in [-0.15, -0.1) is 0 Å². The van der Waals surface area contributed by atoms with Crippen LogP contribution >= 0.6 is 0 Å². The molecule has 2 amide bonds. The molecule has 0 heterocycles. The maximum Gasteiger partial charge on any atom is 0.338 e. The number of nitrogens with one attached hydrogen (secondary N) is 3. The summed E-state index contributed by atoms with van der Waals surface area (Å²) in [5, 5.41) is 5.45. The van der Waals surface area contributed by atoms with Gasteiger partial charge in [-0.2, -0.15) is 0 Å². The fraction of sp³-hybridized carbons (Fsp3) is 0.167. The standard InChI is InChI=1S/C24H25N3O5S/c1-3-32-23(28)19-11-15-22(16-12-19)33(30,31)27-17(2)18-9-13-21(14-10-18)26-24(29)25-20-7-5-4-6-8-20/h4-17,27H,3H2,1-2H3,(H2,25,26,29). The lowest BCUT2D eigenvalue weighted by Crippen LogP contribution is -2.27. The van der Waals surface area contributed by atoms with Crippen LogP contribution in [0.3, 0.4) is 0 Å². The van der Waals surface area contributed by atoms with Gasteiger partial charge in [0.05, 0.1) is 17.1 Å². The van der Waals surface area contributed by atoms with Gasteiger partial charge in [-0.1, -0.05) is 30.3 Å². The molecule has 0 fully saturated rings. The van der Waals surface area contributed by atoms with Gasteiger partial charge < -0.3 is 15.4 Å². The van der Waals surface area contributed by atoms with Crippen molar-refractivity contribution < 1.29 is 22.7 Å². The first-order valence-corrected chi connectivity index (χ1v) is 11.8. The molecule has 0 bridgehead atoms. The summed E-state index contributed by atoms with van der Waals surface area (Å²) in [6.07, 6.45) is 0. The number of urea groups is 1. The average Bonchev–Trinajstić information content (AvgIpc) is 2.80. The number of esters is 1. The van der Waals surface area contributed by atoms with Crippen LogP contribution in [0.15, 0.2) is 83.8 Å². The van der Waals surface area contributed by atoms with Crippen molar-refractivity contribution in [1.29, 1.82) is 0 Å².